The molecule has 0 amide bonds. The summed E-state index contributed by atoms with van der Waals surface area (Å²) in [7, 11) is 1.40. The largest absolute Gasteiger partial charge is 0.508 e. The van der Waals surface area contributed by atoms with Crippen molar-refractivity contribution in [3.05, 3.63) is 29.3 Å². The number of methoxy groups -OCH3 is 1. The van der Waals surface area contributed by atoms with Crippen LogP contribution in [0.3, 0.4) is 0 Å². The third-order valence-corrected chi connectivity index (χ3v) is 3.45. The lowest BCUT2D eigenvalue weighted by Gasteiger charge is -2.28. The van der Waals surface area contributed by atoms with Crippen molar-refractivity contribution in [3.8, 4) is 5.75 Å². The van der Waals surface area contributed by atoms with Gasteiger partial charge in [0.25, 0.3) is 0 Å². The highest BCUT2D eigenvalue weighted by molar-refractivity contribution is 5.75. The van der Waals surface area contributed by atoms with E-state index in [-0.39, 0.29) is 18.1 Å². The Hall–Kier alpha value is -1.55. The van der Waals surface area contributed by atoms with E-state index in [0.717, 1.165) is 24.8 Å². The van der Waals surface area contributed by atoms with Gasteiger partial charge in [0.2, 0.25) is 0 Å². The Morgan fingerprint density at radius 2 is 2.33 bits per heavy atom. The second-order valence-electron chi connectivity index (χ2n) is 4.74. The summed E-state index contributed by atoms with van der Waals surface area (Å²) >= 11 is 0. The number of phenolic OH excluding ortho intramolecular Hbond substituents is 1. The molecule has 0 saturated heterocycles. The van der Waals surface area contributed by atoms with E-state index in [1.54, 1.807) is 13.0 Å². The Labute approximate surface area is 107 Å². The van der Waals surface area contributed by atoms with Crippen molar-refractivity contribution in [1.29, 1.82) is 0 Å². The number of hydrogen-bond donors (Lipinski definition) is 2. The van der Waals surface area contributed by atoms with Crippen LogP contribution >= 0.6 is 0 Å². The third-order valence-electron chi connectivity index (χ3n) is 3.45. The van der Waals surface area contributed by atoms with Crippen LogP contribution < -0.4 is 5.32 Å². The summed E-state index contributed by atoms with van der Waals surface area (Å²) in [5, 5.41) is 12.8. The number of carbonyl (C=O) groups excluding carboxylic acids is 1. The Morgan fingerprint density at radius 1 is 1.56 bits per heavy atom. The number of nitrogens with one attached hydrogen (secondary N) is 1. The van der Waals surface area contributed by atoms with Crippen molar-refractivity contribution in [2.24, 2.45) is 0 Å². The van der Waals surface area contributed by atoms with E-state index in [4.69, 9.17) is 4.74 Å². The molecule has 0 saturated carbocycles. The number of benzene rings is 1. The van der Waals surface area contributed by atoms with Crippen molar-refractivity contribution < 1.29 is 14.6 Å². The molecule has 1 aliphatic carbocycles. The van der Waals surface area contributed by atoms with Gasteiger partial charge >= 0.3 is 5.97 Å². The average molecular weight is 249 g/mol. The van der Waals surface area contributed by atoms with Crippen molar-refractivity contribution in [2.75, 3.05) is 7.11 Å². The second kappa shape index (κ2) is 5.40. The van der Waals surface area contributed by atoms with Gasteiger partial charge in [-0.05, 0) is 49.4 Å². The summed E-state index contributed by atoms with van der Waals surface area (Å²) in [6.07, 6.45) is 3.04. The number of phenols is 1. The summed E-state index contributed by atoms with van der Waals surface area (Å²) < 4.78 is 4.72. The van der Waals surface area contributed by atoms with Crippen molar-refractivity contribution >= 4 is 5.97 Å². The van der Waals surface area contributed by atoms with Crippen LogP contribution in [-0.2, 0) is 16.0 Å². The molecule has 2 rings (SSSR count). The molecule has 4 heteroatoms. The van der Waals surface area contributed by atoms with E-state index in [0.29, 0.717) is 5.75 Å². The van der Waals surface area contributed by atoms with E-state index in [2.05, 4.69) is 5.32 Å². The molecule has 1 aliphatic rings. The summed E-state index contributed by atoms with van der Waals surface area (Å²) in [6.45, 7) is 1.81. The first-order valence-corrected chi connectivity index (χ1v) is 6.27. The third kappa shape index (κ3) is 2.64. The lowest BCUT2D eigenvalue weighted by Crippen LogP contribution is -2.38. The van der Waals surface area contributed by atoms with Gasteiger partial charge in [0.15, 0.2) is 0 Å². The molecule has 0 heterocycles. The van der Waals surface area contributed by atoms with E-state index < -0.39 is 0 Å². The highest BCUT2D eigenvalue weighted by Gasteiger charge is 2.24. The Kier molecular flexibility index (Phi) is 3.87. The zero-order valence-electron chi connectivity index (χ0n) is 10.8. The van der Waals surface area contributed by atoms with Gasteiger partial charge in [0.1, 0.15) is 11.8 Å². The minimum atomic E-state index is -0.320. The van der Waals surface area contributed by atoms with Crippen molar-refractivity contribution in [3.63, 3.8) is 0 Å². The van der Waals surface area contributed by atoms with Crippen molar-refractivity contribution in [2.45, 2.75) is 38.3 Å². The molecule has 1 aromatic rings. The van der Waals surface area contributed by atoms with Gasteiger partial charge in [-0.1, -0.05) is 6.07 Å². The van der Waals surface area contributed by atoms with Crippen LogP contribution in [-0.4, -0.2) is 24.2 Å². The molecule has 1 unspecified atom stereocenters. The quantitative estimate of drug-likeness (QED) is 0.804. The number of aromatic hydroxyl groups is 1. The smallest absolute Gasteiger partial charge is 0.322 e. The molecule has 0 aromatic heterocycles. The Balaban J connectivity index is 2.15. The van der Waals surface area contributed by atoms with Crippen LogP contribution in [0.1, 0.15) is 36.9 Å². The molecule has 1 aromatic carbocycles. The Bertz CT molecular complexity index is 445. The topological polar surface area (TPSA) is 58.6 Å². The number of ether oxygens (including phenoxy) is 1. The van der Waals surface area contributed by atoms with E-state index in [1.807, 2.05) is 12.1 Å². The maximum atomic E-state index is 11.4. The van der Waals surface area contributed by atoms with E-state index in [9.17, 15) is 9.90 Å². The number of carbonyl (C=O) groups is 1. The van der Waals surface area contributed by atoms with Gasteiger partial charge in [-0.2, -0.15) is 0 Å². The summed E-state index contributed by atoms with van der Waals surface area (Å²) in [6, 6.07) is 5.28. The lowest BCUT2D eigenvalue weighted by atomic mass is 9.87. The Morgan fingerprint density at radius 3 is 3.06 bits per heavy atom. The minimum Gasteiger partial charge on any atom is -0.508 e. The number of rotatable bonds is 3. The maximum Gasteiger partial charge on any atom is 0.322 e. The summed E-state index contributed by atoms with van der Waals surface area (Å²) in [5.74, 6) is 0.0521. The summed E-state index contributed by atoms with van der Waals surface area (Å²) in [4.78, 5) is 11.4. The van der Waals surface area contributed by atoms with Crippen LogP contribution in [0.4, 0.5) is 0 Å². The van der Waals surface area contributed by atoms with Gasteiger partial charge in [-0.3, -0.25) is 10.1 Å². The molecule has 18 heavy (non-hydrogen) atoms. The zero-order chi connectivity index (χ0) is 13.1. The van der Waals surface area contributed by atoms with Gasteiger partial charge in [0.05, 0.1) is 7.11 Å². The molecule has 98 valence electrons. The highest BCUT2D eigenvalue weighted by atomic mass is 16.5. The predicted octanol–water partition coefficient (Wildman–Crippen LogP) is 1.92. The predicted molar refractivity (Wildman–Crippen MR) is 68.4 cm³/mol. The van der Waals surface area contributed by atoms with E-state index in [1.165, 1.54) is 12.7 Å². The molecule has 0 radical (unpaired) electrons. The normalized spacial score (nSPS) is 20.0. The SMILES string of the molecule is COC(=O)[C@H](C)NC1CCCc2cc(O)ccc21. The molecule has 2 atom stereocenters. The monoisotopic (exact) mass is 249 g/mol. The number of esters is 1. The molecule has 2 N–H and O–H groups in total. The zero-order valence-corrected chi connectivity index (χ0v) is 10.8. The molecular formula is C14H19NO3. The fraction of sp³-hybridized carbons (Fsp3) is 0.500. The first-order chi connectivity index (χ1) is 8.61. The second-order valence-corrected chi connectivity index (χ2v) is 4.74. The lowest BCUT2D eigenvalue weighted by molar-refractivity contribution is -0.142. The molecule has 0 fully saturated rings. The number of aryl methyl sites for hydroxylation is 1. The fourth-order valence-corrected chi connectivity index (χ4v) is 2.52. The fourth-order valence-electron chi connectivity index (χ4n) is 2.52. The van der Waals surface area contributed by atoms with Crippen molar-refractivity contribution in [1.82, 2.24) is 5.32 Å². The van der Waals surface area contributed by atoms with Crippen LogP contribution in [0.15, 0.2) is 18.2 Å². The molecule has 0 spiro atoms. The molecule has 0 aliphatic heterocycles. The van der Waals surface area contributed by atoms with Gasteiger partial charge in [0, 0.05) is 6.04 Å². The minimum absolute atomic E-state index is 0.156. The van der Waals surface area contributed by atoms with Crippen LogP contribution in [0.5, 0.6) is 5.75 Å². The van der Waals surface area contributed by atoms with Gasteiger partial charge in [-0.25, -0.2) is 0 Å². The standard InChI is InChI=1S/C14H19NO3/c1-9(14(17)18-2)15-13-5-3-4-10-8-11(16)6-7-12(10)13/h6-9,13,15-16H,3-5H2,1-2H3/t9-,13?/m0/s1. The molecule has 4 nitrogen and oxygen atoms in total. The molecule has 0 bridgehead atoms. The van der Waals surface area contributed by atoms with Gasteiger partial charge in [-0.15, -0.1) is 0 Å². The number of fused-ring (bicyclic) bond motifs is 1. The van der Waals surface area contributed by atoms with Crippen LogP contribution in [0.25, 0.3) is 0 Å². The average Bonchev–Trinajstić information content (AvgIpc) is 2.37. The van der Waals surface area contributed by atoms with Crippen LogP contribution in [0, 0.1) is 0 Å². The number of hydrogen-bond acceptors (Lipinski definition) is 4. The van der Waals surface area contributed by atoms with Gasteiger partial charge < -0.3 is 9.84 Å². The van der Waals surface area contributed by atoms with E-state index >= 15 is 0 Å². The van der Waals surface area contributed by atoms with Crippen LogP contribution in [0.2, 0.25) is 0 Å². The maximum absolute atomic E-state index is 11.4. The molecular weight excluding hydrogens is 230 g/mol. The first kappa shape index (κ1) is 12.9. The highest BCUT2D eigenvalue weighted by Crippen LogP contribution is 2.32. The summed E-state index contributed by atoms with van der Waals surface area (Å²) in [5.41, 5.74) is 2.34. The first-order valence-electron chi connectivity index (χ1n) is 6.27.